The maximum absolute atomic E-state index is 13.6. The number of hydrogen-bond donors (Lipinski definition) is 1. The van der Waals surface area contributed by atoms with Gasteiger partial charge in [-0.05, 0) is 30.5 Å². The fourth-order valence-electron chi connectivity index (χ4n) is 1.91. The van der Waals surface area contributed by atoms with E-state index in [2.05, 4.69) is 15.3 Å². The van der Waals surface area contributed by atoms with Crippen molar-refractivity contribution in [3.63, 3.8) is 0 Å². The number of anilines is 1. The third kappa shape index (κ3) is 3.48. The Labute approximate surface area is 139 Å². The number of rotatable bonds is 4. The second kappa shape index (κ2) is 6.59. The summed E-state index contributed by atoms with van der Waals surface area (Å²) in [4.78, 5) is 21.4. The SMILES string of the molecule is C[C@H](Sc1ncnc2sccc12)C(=O)Nc1cc(F)ccc1F. The van der Waals surface area contributed by atoms with Crippen LogP contribution in [0.3, 0.4) is 0 Å². The van der Waals surface area contributed by atoms with E-state index in [0.29, 0.717) is 5.03 Å². The normalized spacial score (nSPS) is 12.3. The fraction of sp³-hybridized carbons (Fsp3) is 0.133. The highest BCUT2D eigenvalue weighted by atomic mass is 32.2. The molecule has 0 saturated carbocycles. The van der Waals surface area contributed by atoms with Crippen LogP contribution in [-0.2, 0) is 4.79 Å². The predicted molar refractivity (Wildman–Crippen MR) is 87.7 cm³/mol. The summed E-state index contributed by atoms with van der Waals surface area (Å²) in [5.41, 5.74) is -0.175. The van der Waals surface area contributed by atoms with Gasteiger partial charge in [-0.15, -0.1) is 11.3 Å². The molecular weight excluding hydrogens is 340 g/mol. The zero-order chi connectivity index (χ0) is 16.4. The molecule has 0 aliphatic rings. The summed E-state index contributed by atoms with van der Waals surface area (Å²) in [6, 6.07) is 4.81. The zero-order valence-corrected chi connectivity index (χ0v) is 13.5. The minimum atomic E-state index is -0.681. The molecule has 4 nitrogen and oxygen atoms in total. The minimum absolute atomic E-state index is 0.175. The molecule has 0 aliphatic heterocycles. The van der Waals surface area contributed by atoms with Gasteiger partial charge in [-0.1, -0.05) is 11.8 Å². The standard InChI is InChI=1S/C15H11F2N3OS2/c1-8(13(21)20-12-6-9(16)2-3-11(12)17)23-15-10-4-5-22-14(10)18-7-19-15/h2-8H,1H3,(H,20,21)/t8-/m0/s1. The fourth-order valence-corrected chi connectivity index (χ4v) is 3.61. The van der Waals surface area contributed by atoms with Gasteiger partial charge in [0.05, 0.1) is 10.9 Å². The number of thioether (sulfide) groups is 1. The molecule has 1 amide bonds. The molecule has 0 bridgehead atoms. The summed E-state index contributed by atoms with van der Waals surface area (Å²) in [5.74, 6) is -1.72. The number of hydrogen-bond acceptors (Lipinski definition) is 5. The molecule has 0 saturated heterocycles. The monoisotopic (exact) mass is 351 g/mol. The van der Waals surface area contributed by atoms with Crippen LogP contribution in [-0.4, -0.2) is 21.1 Å². The Kier molecular flexibility index (Phi) is 4.53. The quantitative estimate of drug-likeness (QED) is 0.568. The molecular formula is C15H11F2N3OS2. The van der Waals surface area contributed by atoms with Gasteiger partial charge in [-0.25, -0.2) is 18.7 Å². The molecule has 118 valence electrons. The largest absolute Gasteiger partial charge is 0.323 e. The maximum Gasteiger partial charge on any atom is 0.237 e. The van der Waals surface area contributed by atoms with Crippen LogP contribution in [0.1, 0.15) is 6.92 Å². The summed E-state index contributed by atoms with van der Waals surface area (Å²) >= 11 is 2.73. The first kappa shape index (κ1) is 15.8. The molecule has 23 heavy (non-hydrogen) atoms. The van der Waals surface area contributed by atoms with Crippen LogP contribution in [0.2, 0.25) is 0 Å². The molecule has 3 rings (SSSR count). The predicted octanol–water partition coefficient (Wildman–Crippen LogP) is 4.09. The first-order valence-corrected chi connectivity index (χ1v) is 8.41. The average Bonchev–Trinajstić information content (AvgIpc) is 3.00. The molecule has 0 spiro atoms. The molecule has 0 aliphatic carbocycles. The van der Waals surface area contributed by atoms with Crippen molar-refractivity contribution in [2.24, 2.45) is 0 Å². The highest BCUT2D eigenvalue weighted by Gasteiger charge is 2.18. The van der Waals surface area contributed by atoms with Crippen LogP contribution < -0.4 is 5.32 Å². The van der Waals surface area contributed by atoms with Gasteiger partial charge in [0.2, 0.25) is 5.91 Å². The van der Waals surface area contributed by atoms with E-state index >= 15 is 0 Å². The van der Waals surface area contributed by atoms with E-state index in [0.717, 1.165) is 28.4 Å². The third-order valence-corrected chi connectivity index (χ3v) is 5.01. The number of benzene rings is 1. The Bertz CT molecular complexity index is 869. The van der Waals surface area contributed by atoms with Gasteiger partial charge >= 0.3 is 0 Å². The molecule has 1 aromatic carbocycles. The Morgan fingerprint density at radius 2 is 2.13 bits per heavy atom. The van der Waals surface area contributed by atoms with Crippen molar-refractivity contribution in [2.45, 2.75) is 17.2 Å². The molecule has 1 atom stereocenters. The van der Waals surface area contributed by atoms with Gasteiger partial charge in [-0.2, -0.15) is 0 Å². The molecule has 0 radical (unpaired) electrons. The Hall–Kier alpha value is -2.06. The van der Waals surface area contributed by atoms with Crippen molar-refractivity contribution in [3.8, 4) is 0 Å². The molecule has 0 unspecified atom stereocenters. The zero-order valence-electron chi connectivity index (χ0n) is 11.9. The minimum Gasteiger partial charge on any atom is -0.323 e. The van der Waals surface area contributed by atoms with Crippen LogP contribution in [0.4, 0.5) is 14.5 Å². The van der Waals surface area contributed by atoms with E-state index in [1.807, 2.05) is 11.4 Å². The number of thiophene rings is 1. The molecule has 3 aromatic rings. The summed E-state index contributed by atoms with van der Waals surface area (Å²) in [7, 11) is 0. The number of amides is 1. The van der Waals surface area contributed by atoms with Crippen molar-refractivity contribution in [1.82, 2.24) is 9.97 Å². The Morgan fingerprint density at radius 3 is 2.96 bits per heavy atom. The van der Waals surface area contributed by atoms with Crippen molar-refractivity contribution in [2.75, 3.05) is 5.32 Å². The molecule has 2 heterocycles. The van der Waals surface area contributed by atoms with Gasteiger partial charge in [0.25, 0.3) is 0 Å². The topological polar surface area (TPSA) is 54.9 Å². The molecule has 8 heteroatoms. The summed E-state index contributed by atoms with van der Waals surface area (Å²) in [6.07, 6.45) is 1.44. The molecule has 1 N–H and O–H groups in total. The third-order valence-electron chi connectivity index (χ3n) is 3.07. The molecule has 2 aromatic heterocycles. The van der Waals surface area contributed by atoms with Crippen LogP contribution >= 0.6 is 23.1 Å². The summed E-state index contributed by atoms with van der Waals surface area (Å²) in [6.45, 7) is 1.68. The van der Waals surface area contributed by atoms with Crippen molar-refractivity contribution in [1.29, 1.82) is 0 Å². The number of aromatic nitrogens is 2. The highest BCUT2D eigenvalue weighted by molar-refractivity contribution is 8.00. The van der Waals surface area contributed by atoms with E-state index in [1.54, 1.807) is 6.92 Å². The van der Waals surface area contributed by atoms with E-state index in [9.17, 15) is 13.6 Å². The number of fused-ring (bicyclic) bond motifs is 1. The van der Waals surface area contributed by atoms with Gasteiger partial charge in [0, 0.05) is 11.5 Å². The average molecular weight is 351 g/mol. The maximum atomic E-state index is 13.6. The molecule has 0 fully saturated rings. The highest BCUT2D eigenvalue weighted by Crippen LogP contribution is 2.30. The number of carbonyl (C=O) groups is 1. The summed E-state index contributed by atoms with van der Waals surface area (Å²) in [5, 5.41) is 5.32. The van der Waals surface area contributed by atoms with Crippen molar-refractivity contribution >= 4 is 44.9 Å². The van der Waals surface area contributed by atoms with Crippen molar-refractivity contribution < 1.29 is 13.6 Å². The van der Waals surface area contributed by atoms with E-state index in [4.69, 9.17) is 0 Å². The summed E-state index contributed by atoms with van der Waals surface area (Å²) < 4.78 is 26.7. The lowest BCUT2D eigenvalue weighted by atomic mass is 10.3. The number of halogens is 2. The van der Waals surface area contributed by atoms with E-state index < -0.39 is 22.8 Å². The van der Waals surface area contributed by atoms with Crippen LogP contribution in [0, 0.1) is 11.6 Å². The number of carbonyl (C=O) groups excluding carboxylic acids is 1. The van der Waals surface area contributed by atoms with E-state index in [-0.39, 0.29) is 5.69 Å². The lowest BCUT2D eigenvalue weighted by Crippen LogP contribution is -2.23. The van der Waals surface area contributed by atoms with Crippen molar-refractivity contribution in [3.05, 3.63) is 47.6 Å². The van der Waals surface area contributed by atoms with Gasteiger partial charge < -0.3 is 5.32 Å². The van der Waals surface area contributed by atoms with Gasteiger partial charge in [-0.3, -0.25) is 4.79 Å². The Balaban J connectivity index is 1.75. The van der Waals surface area contributed by atoms with Gasteiger partial charge in [0.15, 0.2) is 0 Å². The smallest absolute Gasteiger partial charge is 0.237 e. The van der Waals surface area contributed by atoms with Crippen LogP contribution in [0.25, 0.3) is 10.2 Å². The van der Waals surface area contributed by atoms with Gasteiger partial charge in [0.1, 0.15) is 27.8 Å². The lowest BCUT2D eigenvalue weighted by molar-refractivity contribution is -0.115. The lowest BCUT2D eigenvalue weighted by Gasteiger charge is -2.12. The number of nitrogens with one attached hydrogen (secondary N) is 1. The first-order valence-electron chi connectivity index (χ1n) is 6.65. The second-order valence-electron chi connectivity index (χ2n) is 4.69. The number of nitrogens with zero attached hydrogens (tertiary/aromatic N) is 2. The van der Waals surface area contributed by atoms with E-state index in [1.165, 1.54) is 29.4 Å². The second-order valence-corrected chi connectivity index (χ2v) is 6.92. The Morgan fingerprint density at radius 1 is 1.30 bits per heavy atom. The first-order chi connectivity index (χ1) is 11.0. The van der Waals surface area contributed by atoms with Crippen LogP contribution in [0.15, 0.2) is 41.0 Å². The van der Waals surface area contributed by atoms with Crippen LogP contribution in [0.5, 0.6) is 0 Å².